The van der Waals surface area contributed by atoms with Crippen LogP contribution in [0.15, 0.2) is 0 Å². The molecule has 5 nitrogen and oxygen atoms in total. The van der Waals surface area contributed by atoms with Crippen LogP contribution in [-0.4, -0.2) is 39.3 Å². The summed E-state index contributed by atoms with van der Waals surface area (Å²) in [5, 5.41) is 0. The zero-order valence-corrected chi connectivity index (χ0v) is 10.1. The molecule has 0 fully saturated rings. The van der Waals surface area contributed by atoms with E-state index in [0.717, 1.165) is 19.3 Å². The molecule has 0 aliphatic rings. The number of nitrogens with two attached hydrogens (primary N) is 1. The third-order valence-electron chi connectivity index (χ3n) is 2.17. The topological polar surface area (TPSA) is 70.8 Å². The SMILES string of the molecule is COCCOCCC(=O)CCCCCON. The first-order valence-electron chi connectivity index (χ1n) is 5.71. The van der Waals surface area contributed by atoms with Gasteiger partial charge in [-0.3, -0.25) is 4.79 Å². The maximum absolute atomic E-state index is 11.3. The molecule has 0 aliphatic carbocycles. The van der Waals surface area contributed by atoms with Crippen LogP contribution in [0.5, 0.6) is 0 Å². The second-order valence-corrected chi connectivity index (χ2v) is 3.58. The number of ketones is 1. The summed E-state index contributed by atoms with van der Waals surface area (Å²) in [4.78, 5) is 15.8. The minimum atomic E-state index is 0.256. The van der Waals surface area contributed by atoms with Crippen LogP contribution < -0.4 is 5.90 Å². The van der Waals surface area contributed by atoms with Crippen molar-refractivity contribution >= 4 is 5.78 Å². The molecule has 0 heterocycles. The van der Waals surface area contributed by atoms with Gasteiger partial charge in [-0.05, 0) is 12.8 Å². The molecule has 0 saturated heterocycles. The van der Waals surface area contributed by atoms with Crippen molar-refractivity contribution in [3.8, 4) is 0 Å². The van der Waals surface area contributed by atoms with E-state index >= 15 is 0 Å². The lowest BCUT2D eigenvalue weighted by molar-refractivity contribution is -0.120. The molecule has 2 N–H and O–H groups in total. The predicted octanol–water partition coefficient (Wildman–Crippen LogP) is 1.06. The lowest BCUT2D eigenvalue weighted by Gasteiger charge is -2.03. The number of carbonyl (C=O) groups excluding carboxylic acids is 1. The van der Waals surface area contributed by atoms with Gasteiger partial charge in [0.05, 0.1) is 26.4 Å². The molecule has 0 atom stereocenters. The minimum Gasteiger partial charge on any atom is -0.382 e. The van der Waals surface area contributed by atoms with Crippen LogP contribution in [0.2, 0.25) is 0 Å². The molecule has 0 saturated carbocycles. The summed E-state index contributed by atoms with van der Waals surface area (Å²) in [7, 11) is 1.62. The van der Waals surface area contributed by atoms with Gasteiger partial charge in [0.2, 0.25) is 0 Å². The molecule has 0 unspecified atom stereocenters. The standard InChI is InChI=1S/C11H23NO4/c1-14-9-10-15-8-6-11(13)5-3-2-4-7-16-12/h2-10,12H2,1H3. The van der Waals surface area contributed by atoms with Gasteiger partial charge in [0.1, 0.15) is 5.78 Å². The van der Waals surface area contributed by atoms with Gasteiger partial charge >= 0.3 is 0 Å². The Morgan fingerprint density at radius 2 is 1.81 bits per heavy atom. The normalized spacial score (nSPS) is 10.6. The number of methoxy groups -OCH3 is 1. The lowest BCUT2D eigenvalue weighted by Crippen LogP contribution is -2.07. The number of unbranched alkanes of at least 4 members (excludes halogenated alkanes) is 2. The molecule has 0 aromatic carbocycles. The Morgan fingerprint density at radius 3 is 2.50 bits per heavy atom. The summed E-state index contributed by atoms with van der Waals surface area (Å²) in [5.74, 6) is 5.14. The van der Waals surface area contributed by atoms with Gasteiger partial charge in [0.15, 0.2) is 0 Å². The van der Waals surface area contributed by atoms with Crippen molar-refractivity contribution in [2.24, 2.45) is 5.90 Å². The van der Waals surface area contributed by atoms with E-state index < -0.39 is 0 Å². The maximum atomic E-state index is 11.3. The van der Waals surface area contributed by atoms with E-state index in [-0.39, 0.29) is 5.78 Å². The highest BCUT2D eigenvalue weighted by Crippen LogP contribution is 2.02. The van der Waals surface area contributed by atoms with Gasteiger partial charge in [0, 0.05) is 20.0 Å². The number of ether oxygens (including phenoxy) is 2. The van der Waals surface area contributed by atoms with E-state index in [1.54, 1.807) is 7.11 Å². The van der Waals surface area contributed by atoms with Gasteiger partial charge in [-0.2, -0.15) is 0 Å². The number of hydrogen-bond acceptors (Lipinski definition) is 5. The van der Waals surface area contributed by atoms with E-state index in [9.17, 15) is 4.79 Å². The van der Waals surface area contributed by atoms with Crippen LogP contribution in [0, 0.1) is 0 Å². The van der Waals surface area contributed by atoms with Gasteiger partial charge in [-0.1, -0.05) is 6.42 Å². The maximum Gasteiger partial charge on any atom is 0.135 e. The average molecular weight is 233 g/mol. The number of rotatable bonds is 12. The Labute approximate surface area is 97.2 Å². The summed E-state index contributed by atoms with van der Waals surface area (Å²) in [6.07, 6.45) is 3.91. The van der Waals surface area contributed by atoms with Crippen LogP contribution in [-0.2, 0) is 19.1 Å². The molecule has 0 aromatic heterocycles. The smallest absolute Gasteiger partial charge is 0.135 e. The fraction of sp³-hybridized carbons (Fsp3) is 0.909. The second kappa shape index (κ2) is 12.6. The van der Waals surface area contributed by atoms with Crippen molar-refractivity contribution in [2.45, 2.75) is 32.1 Å². The van der Waals surface area contributed by atoms with Crippen molar-refractivity contribution in [1.82, 2.24) is 0 Å². The Morgan fingerprint density at radius 1 is 1.00 bits per heavy atom. The molecule has 0 radical (unpaired) electrons. The summed E-state index contributed by atoms with van der Waals surface area (Å²) < 4.78 is 10.0. The molecular weight excluding hydrogens is 210 g/mol. The fourth-order valence-corrected chi connectivity index (χ4v) is 1.24. The molecule has 0 aromatic rings. The van der Waals surface area contributed by atoms with E-state index in [1.165, 1.54) is 0 Å². The van der Waals surface area contributed by atoms with Gasteiger partial charge in [-0.25, -0.2) is 5.90 Å². The van der Waals surface area contributed by atoms with E-state index in [4.69, 9.17) is 15.4 Å². The van der Waals surface area contributed by atoms with Gasteiger partial charge < -0.3 is 14.3 Å². The molecular formula is C11H23NO4. The van der Waals surface area contributed by atoms with Crippen LogP contribution in [0.1, 0.15) is 32.1 Å². The Hall–Kier alpha value is -0.490. The van der Waals surface area contributed by atoms with Crippen molar-refractivity contribution in [1.29, 1.82) is 0 Å². The van der Waals surface area contributed by atoms with Gasteiger partial charge in [0.25, 0.3) is 0 Å². The Bertz CT molecular complexity index is 148. The van der Waals surface area contributed by atoms with Crippen LogP contribution in [0.25, 0.3) is 0 Å². The highest BCUT2D eigenvalue weighted by atomic mass is 16.6. The van der Waals surface area contributed by atoms with Crippen molar-refractivity contribution in [3.63, 3.8) is 0 Å². The van der Waals surface area contributed by atoms with Crippen molar-refractivity contribution in [3.05, 3.63) is 0 Å². The van der Waals surface area contributed by atoms with Crippen molar-refractivity contribution < 1.29 is 19.1 Å². The molecule has 5 heteroatoms. The van der Waals surface area contributed by atoms with Gasteiger partial charge in [-0.15, -0.1) is 0 Å². The Balaban J connectivity index is 3.12. The van der Waals surface area contributed by atoms with Crippen LogP contribution in [0.3, 0.4) is 0 Å². The largest absolute Gasteiger partial charge is 0.382 e. The van der Waals surface area contributed by atoms with Crippen LogP contribution >= 0.6 is 0 Å². The Kier molecular flexibility index (Phi) is 12.2. The molecule has 0 spiro atoms. The third-order valence-corrected chi connectivity index (χ3v) is 2.17. The zero-order valence-electron chi connectivity index (χ0n) is 10.1. The quantitative estimate of drug-likeness (QED) is 0.403. The average Bonchev–Trinajstić information content (AvgIpc) is 2.28. The van der Waals surface area contributed by atoms with Crippen LogP contribution in [0.4, 0.5) is 0 Å². The van der Waals surface area contributed by atoms with E-state index in [1.807, 2.05) is 0 Å². The second-order valence-electron chi connectivity index (χ2n) is 3.58. The first kappa shape index (κ1) is 15.5. The minimum absolute atomic E-state index is 0.256. The highest BCUT2D eigenvalue weighted by Gasteiger charge is 2.01. The van der Waals surface area contributed by atoms with E-state index in [0.29, 0.717) is 39.3 Å². The highest BCUT2D eigenvalue weighted by molar-refractivity contribution is 5.78. The molecule has 0 rings (SSSR count). The summed E-state index contributed by atoms with van der Waals surface area (Å²) in [6, 6.07) is 0. The molecule has 16 heavy (non-hydrogen) atoms. The molecule has 96 valence electrons. The van der Waals surface area contributed by atoms with E-state index in [2.05, 4.69) is 4.84 Å². The third kappa shape index (κ3) is 11.6. The summed E-state index contributed by atoms with van der Waals surface area (Å²) in [5.41, 5.74) is 0. The monoisotopic (exact) mass is 233 g/mol. The fourth-order valence-electron chi connectivity index (χ4n) is 1.24. The predicted molar refractivity (Wildman–Crippen MR) is 60.9 cm³/mol. The molecule has 0 bridgehead atoms. The zero-order chi connectivity index (χ0) is 12.1. The molecule has 0 amide bonds. The first-order chi connectivity index (χ1) is 7.81. The number of Topliss-reactive ketones (excluding diaryl/α,β-unsaturated/α-hetero) is 1. The van der Waals surface area contributed by atoms with Crippen molar-refractivity contribution in [2.75, 3.05) is 33.5 Å². The summed E-state index contributed by atoms with van der Waals surface area (Å²) >= 11 is 0. The lowest BCUT2D eigenvalue weighted by atomic mass is 10.1. The number of hydrogen-bond donors (Lipinski definition) is 1. The molecule has 0 aliphatic heterocycles. The first-order valence-corrected chi connectivity index (χ1v) is 5.71. The summed E-state index contributed by atoms with van der Waals surface area (Å²) in [6.45, 7) is 2.19. The number of carbonyl (C=O) groups is 1.